The lowest BCUT2D eigenvalue weighted by atomic mass is 9.91. The molecule has 0 saturated heterocycles. The van der Waals surface area contributed by atoms with Gasteiger partial charge in [0.2, 0.25) is 0 Å². The molecule has 1 aliphatic carbocycles. The molecule has 20 heavy (non-hydrogen) atoms. The molecule has 2 nitrogen and oxygen atoms in total. The standard InChI is InChI=1S/C18H21NO/c1-19(2)17-9-8-15-10-14(6-7-16(15)11-17)13-4-3-5-18(20)12-13/h6-12,18,20H,3-5H2,1-2H3. The molecule has 0 aromatic heterocycles. The van der Waals surface area contributed by atoms with Crippen molar-refractivity contribution in [3.8, 4) is 0 Å². The molecule has 0 heterocycles. The van der Waals surface area contributed by atoms with E-state index in [2.05, 4.69) is 55.4 Å². The van der Waals surface area contributed by atoms with E-state index in [1.54, 1.807) is 0 Å². The van der Waals surface area contributed by atoms with E-state index in [0.717, 1.165) is 19.3 Å². The third-order valence-electron chi connectivity index (χ3n) is 4.05. The van der Waals surface area contributed by atoms with Crippen LogP contribution < -0.4 is 4.90 Å². The zero-order chi connectivity index (χ0) is 14.1. The third-order valence-corrected chi connectivity index (χ3v) is 4.05. The number of allylic oxidation sites excluding steroid dienone is 1. The Morgan fingerprint density at radius 1 is 1.05 bits per heavy atom. The maximum atomic E-state index is 9.77. The number of rotatable bonds is 2. The van der Waals surface area contributed by atoms with Crippen molar-refractivity contribution in [1.82, 2.24) is 0 Å². The highest BCUT2D eigenvalue weighted by molar-refractivity contribution is 5.89. The summed E-state index contributed by atoms with van der Waals surface area (Å²) in [4.78, 5) is 2.12. The molecular formula is C18H21NO. The quantitative estimate of drug-likeness (QED) is 0.893. The van der Waals surface area contributed by atoms with Gasteiger partial charge >= 0.3 is 0 Å². The van der Waals surface area contributed by atoms with E-state index in [0.29, 0.717) is 0 Å². The third kappa shape index (κ3) is 2.56. The summed E-state index contributed by atoms with van der Waals surface area (Å²) in [6.07, 6.45) is 4.77. The number of benzene rings is 2. The van der Waals surface area contributed by atoms with Gasteiger partial charge in [-0.05, 0) is 59.4 Å². The normalized spacial score (nSPS) is 18.9. The molecule has 1 aliphatic rings. The van der Waals surface area contributed by atoms with Crippen molar-refractivity contribution in [3.63, 3.8) is 0 Å². The minimum absolute atomic E-state index is 0.273. The van der Waals surface area contributed by atoms with Crippen LogP contribution in [0.5, 0.6) is 0 Å². The first-order valence-electron chi connectivity index (χ1n) is 7.24. The Hall–Kier alpha value is -1.80. The Bertz CT molecular complexity index is 658. The van der Waals surface area contributed by atoms with E-state index in [4.69, 9.17) is 0 Å². The molecule has 0 spiro atoms. The van der Waals surface area contributed by atoms with Gasteiger partial charge in [-0.3, -0.25) is 0 Å². The van der Waals surface area contributed by atoms with Gasteiger partial charge < -0.3 is 10.0 Å². The van der Waals surface area contributed by atoms with E-state index in [1.165, 1.54) is 27.6 Å². The first-order valence-corrected chi connectivity index (χ1v) is 7.24. The van der Waals surface area contributed by atoms with Crippen LogP contribution in [0.1, 0.15) is 24.8 Å². The zero-order valence-corrected chi connectivity index (χ0v) is 12.1. The van der Waals surface area contributed by atoms with Crippen molar-refractivity contribution >= 4 is 22.0 Å². The Labute approximate surface area is 120 Å². The summed E-state index contributed by atoms with van der Waals surface area (Å²) in [6, 6.07) is 13.1. The van der Waals surface area contributed by atoms with Crippen LogP contribution in [0.15, 0.2) is 42.5 Å². The van der Waals surface area contributed by atoms with Crippen molar-refractivity contribution in [3.05, 3.63) is 48.0 Å². The van der Waals surface area contributed by atoms with E-state index >= 15 is 0 Å². The van der Waals surface area contributed by atoms with Gasteiger partial charge in [0, 0.05) is 19.8 Å². The SMILES string of the molecule is CN(C)c1ccc2cc(C3=CC(O)CCC3)ccc2c1. The van der Waals surface area contributed by atoms with E-state index in [-0.39, 0.29) is 6.10 Å². The number of hydrogen-bond donors (Lipinski definition) is 1. The number of anilines is 1. The maximum absolute atomic E-state index is 9.77. The largest absolute Gasteiger partial charge is 0.389 e. The van der Waals surface area contributed by atoms with Crippen LogP contribution in [0.25, 0.3) is 16.3 Å². The van der Waals surface area contributed by atoms with Crippen LogP contribution in [0.3, 0.4) is 0 Å². The molecular weight excluding hydrogens is 246 g/mol. The first kappa shape index (κ1) is 13.2. The van der Waals surface area contributed by atoms with Crippen LogP contribution in [0.4, 0.5) is 5.69 Å². The van der Waals surface area contributed by atoms with Crippen LogP contribution >= 0.6 is 0 Å². The second kappa shape index (κ2) is 5.29. The molecule has 0 bridgehead atoms. The predicted octanol–water partition coefficient (Wildman–Crippen LogP) is 3.83. The van der Waals surface area contributed by atoms with Crippen molar-refractivity contribution in [2.45, 2.75) is 25.4 Å². The smallest absolute Gasteiger partial charge is 0.0726 e. The fourth-order valence-electron chi connectivity index (χ4n) is 2.85. The summed E-state index contributed by atoms with van der Waals surface area (Å²) >= 11 is 0. The van der Waals surface area contributed by atoms with Crippen molar-refractivity contribution in [1.29, 1.82) is 0 Å². The lowest BCUT2D eigenvalue weighted by Gasteiger charge is -2.18. The van der Waals surface area contributed by atoms with Gasteiger partial charge in [-0.1, -0.05) is 24.3 Å². The summed E-state index contributed by atoms with van der Waals surface area (Å²) in [5, 5.41) is 12.3. The fourth-order valence-corrected chi connectivity index (χ4v) is 2.85. The lowest BCUT2D eigenvalue weighted by molar-refractivity contribution is 0.206. The molecule has 1 N–H and O–H groups in total. The van der Waals surface area contributed by atoms with Gasteiger partial charge in [0.25, 0.3) is 0 Å². The van der Waals surface area contributed by atoms with Crippen LogP contribution in [-0.4, -0.2) is 25.3 Å². The van der Waals surface area contributed by atoms with Gasteiger partial charge in [-0.2, -0.15) is 0 Å². The van der Waals surface area contributed by atoms with Crippen molar-refractivity contribution in [2.75, 3.05) is 19.0 Å². The molecule has 2 heteroatoms. The lowest BCUT2D eigenvalue weighted by Crippen LogP contribution is -2.08. The van der Waals surface area contributed by atoms with Gasteiger partial charge in [0.15, 0.2) is 0 Å². The Morgan fingerprint density at radius 3 is 2.55 bits per heavy atom. The highest BCUT2D eigenvalue weighted by Gasteiger charge is 2.12. The monoisotopic (exact) mass is 267 g/mol. The molecule has 2 aromatic carbocycles. The zero-order valence-electron chi connectivity index (χ0n) is 12.1. The second-order valence-electron chi connectivity index (χ2n) is 5.79. The van der Waals surface area contributed by atoms with E-state index in [9.17, 15) is 5.11 Å². The highest BCUT2D eigenvalue weighted by atomic mass is 16.3. The first-order chi connectivity index (χ1) is 9.63. The molecule has 3 rings (SSSR count). The molecule has 0 amide bonds. The summed E-state index contributed by atoms with van der Waals surface area (Å²) < 4.78 is 0. The minimum Gasteiger partial charge on any atom is -0.389 e. The van der Waals surface area contributed by atoms with Crippen LogP contribution in [-0.2, 0) is 0 Å². The molecule has 0 saturated carbocycles. The molecule has 0 aliphatic heterocycles. The van der Waals surface area contributed by atoms with Crippen molar-refractivity contribution in [2.24, 2.45) is 0 Å². The molecule has 1 atom stereocenters. The number of hydrogen-bond acceptors (Lipinski definition) is 2. The number of nitrogens with zero attached hydrogens (tertiary/aromatic N) is 1. The Balaban J connectivity index is 2.01. The van der Waals surface area contributed by atoms with Crippen LogP contribution in [0.2, 0.25) is 0 Å². The molecule has 2 aromatic rings. The summed E-state index contributed by atoms with van der Waals surface area (Å²) in [6.45, 7) is 0. The topological polar surface area (TPSA) is 23.5 Å². The number of aliphatic hydroxyl groups is 1. The van der Waals surface area contributed by atoms with Gasteiger partial charge in [-0.15, -0.1) is 0 Å². The summed E-state index contributed by atoms with van der Waals surface area (Å²) in [5.41, 5.74) is 3.74. The Kier molecular flexibility index (Phi) is 3.49. The average molecular weight is 267 g/mol. The van der Waals surface area contributed by atoms with Gasteiger partial charge in [0.05, 0.1) is 6.10 Å². The number of fused-ring (bicyclic) bond motifs is 1. The molecule has 0 radical (unpaired) electrons. The molecule has 104 valence electrons. The predicted molar refractivity (Wildman–Crippen MR) is 86.1 cm³/mol. The maximum Gasteiger partial charge on any atom is 0.0726 e. The minimum atomic E-state index is -0.273. The molecule has 1 unspecified atom stereocenters. The molecule has 0 fully saturated rings. The fraction of sp³-hybridized carbons (Fsp3) is 0.333. The summed E-state index contributed by atoms with van der Waals surface area (Å²) in [7, 11) is 4.12. The van der Waals surface area contributed by atoms with Gasteiger partial charge in [-0.25, -0.2) is 0 Å². The van der Waals surface area contributed by atoms with Crippen LogP contribution in [0, 0.1) is 0 Å². The highest BCUT2D eigenvalue weighted by Crippen LogP contribution is 2.30. The second-order valence-corrected chi connectivity index (χ2v) is 5.79. The van der Waals surface area contributed by atoms with E-state index in [1.807, 2.05) is 6.08 Å². The average Bonchev–Trinajstić information content (AvgIpc) is 2.46. The Morgan fingerprint density at radius 2 is 1.80 bits per heavy atom. The van der Waals surface area contributed by atoms with Crippen molar-refractivity contribution < 1.29 is 5.11 Å². The van der Waals surface area contributed by atoms with E-state index < -0.39 is 0 Å². The van der Waals surface area contributed by atoms with Gasteiger partial charge in [0.1, 0.15) is 0 Å². The number of aliphatic hydroxyl groups excluding tert-OH is 1. The summed E-state index contributed by atoms with van der Waals surface area (Å²) in [5.74, 6) is 0.